The normalized spacial score (nSPS) is 20.8. The molecule has 0 aliphatic carbocycles. The zero-order chi connectivity index (χ0) is 17.6. The van der Waals surface area contributed by atoms with Gasteiger partial charge in [-0.3, -0.25) is 9.69 Å². The van der Waals surface area contributed by atoms with Crippen molar-refractivity contribution in [3.8, 4) is 11.1 Å². The molecule has 2 aromatic carbocycles. The monoisotopic (exact) mass is 349 g/mol. The summed E-state index contributed by atoms with van der Waals surface area (Å²) < 4.78 is 1.21. The number of thiophene rings is 1. The maximum atomic E-state index is 12.3. The second-order valence-electron chi connectivity index (χ2n) is 6.57. The Morgan fingerprint density at radius 3 is 2.64 bits per heavy atom. The highest BCUT2D eigenvalue weighted by Crippen LogP contribution is 2.43. The first-order chi connectivity index (χ1) is 12.0. The van der Waals surface area contributed by atoms with Gasteiger partial charge in [0.1, 0.15) is 0 Å². The van der Waals surface area contributed by atoms with E-state index in [1.165, 1.54) is 20.7 Å². The van der Waals surface area contributed by atoms with Gasteiger partial charge in [0.05, 0.1) is 12.0 Å². The maximum Gasteiger partial charge on any atom is 0.231 e. The molecular formula is C20H19N3OS. The molecule has 1 atom stereocenters. The Kier molecular flexibility index (Phi) is 3.62. The lowest BCUT2D eigenvalue weighted by molar-refractivity contribution is -0.128. The van der Waals surface area contributed by atoms with Crippen LogP contribution in [0.2, 0.25) is 0 Å². The van der Waals surface area contributed by atoms with E-state index in [9.17, 15) is 4.79 Å². The fourth-order valence-corrected chi connectivity index (χ4v) is 4.62. The summed E-state index contributed by atoms with van der Waals surface area (Å²) in [5.74, 6) is 0.269. The molecule has 0 radical (unpaired) electrons. The number of amides is 1. The van der Waals surface area contributed by atoms with Gasteiger partial charge in [-0.25, -0.2) is 4.99 Å². The molecule has 1 amide bonds. The van der Waals surface area contributed by atoms with Crippen molar-refractivity contribution in [2.75, 3.05) is 7.05 Å². The molecule has 1 aliphatic heterocycles. The number of fused-ring (bicyclic) bond motifs is 1. The highest BCUT2D eigenvalue weighted by atomic mass is 32.1. The van der Waals surface area contributed by atoms with E-state index in [1.807, 2.05) is 25.1 Å². The molecule has 0 spiro atoms. The Balaban J connectivity index is 1.90. The van der Waals surface area contributed by atoms with Crippen molar-refractivity contribution in [3.63, 3.8) is 0 Å². The average Bonchev–Trinajstić information content (AvgIpc) is 3.05. The highest BCUT2D eigenvalue weighted by molar-refractivity contribution is 7.18. The van der Waals surface area contributed by atoms with Gasteiger partial charge in [0.2, 0.25) is 5.91 Å². The van der Waals surface area contributed by atoms with Gasteiger partial charge >= 0.3 is 0 Å². The van der Waals surface area contributed by atoms with Crippen LogP contribution in [0.15, 0.2) is 58.9 Å². The zero-order valence-corrected chi connectivity index (χ0v) is 15.0. The van der Waals surface area contributed by atoms with Gasteiger partial charge in [0.25, 0.3) is 0 Å². The highest BCUT2D eigenvalue weighted by Gasteiger charge is 2.37. The molecule has 1 aliphatic rings. The second kappa shape index (κ2) is 5.70. The van der Waals surface area contributed by atoms with Crippen LogP contribution >= 0.6 is 11.3 Å². The largest absolute Gasteiger partial charge is 0.369 e. The first kappa shape index (κ1) is 15.8. The van der Waals surface area contributed by atoms with Crippen LogP contribution < -0.4 is 5.73 Å². The number of rotatable bonds is 2. The molecule has 126 valence electrons. The minimum atomic E-state index is -0.624. The average molecular weight is 349 g/mol. The van der Waals surface area contributed by atoms with Gasteiger partial charge < -0.3 is 5.73 Å². The van der Waals surface area contributed by atoms with E-state index in [-0.39, 0.29) is 11.9 Å². The van der Waals surface area contributed by atoms with Crippen LogP contribution in [0.5, 0.6) is 0 Å². The number of benzene rings is 2. The molecule has 0 bridgehead atoms. The summed E-state index contributed by atoms with van der Waals surface area (Å²) in [5, 5.41) is 3.26. The van der Waals surface area contributed by atoms with Gasteiger partial charge in [-0.1, -0.05) is 48.5 Å². The van der Waals surface area contributed by atoms with Crippen LogP contribution in [0.25, 0.3) is 21.2 Å². The lowest BCUT2D eigenvalue weighted by Gasteiger charge is -2.33. The minimum Gasteiger partial charge on any atom is -0.369 e. The van der Waals surface area contributed by atoms with E-state index in [0.717, 1.165) is 10.9 Å². The molecule has 0 saturated heterocycles. The molecule has 2 N–H and O–H groups in total. The van der Waals surface area contributed by atoms with Crippen molar-refractivity contribution in [3.05, 3.63) is 59.5 Å². The molecule has 4 rings (SSSR count). The van der Waals surface area contributed by atoms with E-state index in [2.05, 4.69) is 40.7 Å². The number of nitrogens with zero attached hydrogens (tertiary/aromatic N) is 2. The van der Waals surface area contributed by atoms with Crippen molar-refractivity contribution < 1.29 is 4.79 Å². The lowest BCUT2D eigenvalue weighted by atomic mass is 9.87. The van der Waals surface area contributed by atoms with Gasteiger partial charge in [-0.2, -0.15) is 0 Å². The maximum absolute atomic E-state index is 12.3. The fourth-order valence-electron chi connectivity index (χ4n) is 3.38. The summed E-state index contributed by atoms with van der Waals surface area (Å²) in [5.41, 5.74) is 8.81. The van der Waals surface area contributed by atoms with Crippen LogP contribution in [0.4, 0.5) is 0 Å². The van der Waals surface area contributed by atoms with Crippen molar-refractivity contribution in [2.45, 2.75) is 18.9 Å². The van der Waals surface area contributed by atoms with Crippen LogP contribution in [-0.2, 0) is 10.3 Å². The second-order valence-corrected chi connectivity index (χ2v) is 7.45. The number of carbonyl (C=O) groups excluding carboxylic acids is 1. The molecular weight excluding hydrogens is 330 g/mol. The van der Waals surface area contributed by atoms with Crippen molar-refractivity contribution in [1.29, 1.82) is 0 Å². The third kappa shape index (κ3) is 2.51. The first-order valence-corrected chi connectivity index (χ1v) is 9.05. The van der Waals surface area contributed by atoms with Crippen LogP contribution in [0, 0.1) is 0 Å². The lowest BCUT2D eigenvalue weighted by Crippen LogP contribution is -2.47. The molecule has 1 aromatic heterocycles. The molecule has 0 saturated carbocycles. The summed E-state index contributed by atoms with van der Waals surface area (Å²) in [6.45, 7) is 1.99. The Labute approximate surface area is 150 Å². The van der Waals surface area contributed by atoms with E-state index in [1.54, 1.807) is 18.4 Å². The van der Waals surface area contributed by atoms with E-state index >= 15 is 0 Å². The summed E-state index contributed by atoms with van der Waals surface area (Å²) >= 11 is 1.70. The molecule has 4 nitrogen and oxygen atoms in total. The summed E-state index contributed by atoms with van der Waals surface area (Å²) in [6, 6.07) is 16.6. The molecule has 25 heavy (non-hydrogen) atoms. The van der Waals surface area contributed by atoms with Crippen LogP contribution in [0.3, 0.4) is 0 Å². The third-order valence-electron chi connectivity index (χ3n) is 4.84. The number of nitrogens with two attached hydrogens (primary N) is 1. The summed E-state index contributed by atoms with van der Waals surface area (Å²) in [4.78, 5) is 18.4. The zero-order valence-electron chi connectivity index (χ0n) is 14.2. The SMILES string of the molecule is CN1C(=O)C[C@@](C)(c2csc3c(-c4ccccc4)cccc23)N=C1N. The Bertz CT molecular complexity index is 993. The summed E-state index contributed by atoms with van der Waals surface area (Å²) in [6.07, 6.45) is 0.325. The number of hydrogen-bond donors (Lipinski definition) is 1. The fraction of sp³-hybridized carbons (Fsp3) is 0.200. The van der Waals surface area contributed by atoms with Crippen molar-refractivity contribution in [2.24, 2.45) is 10.7 Å². The topological polar surface area (TPSA) is 58.7 Å². The smallest absolute Gasteiger partial charge is 0.231 e. The van der Waals surface area contributed by atoms with Crippen LogP contribution in [0.1, 0.15) is 18.9 Å². The molecule has 3 aromatic rings. The number of guanidine groups is 1. The number of hydrogen-bond acceptors (Lipinski definition) is 4. The number of aliphatic imine (C=N–C) groups is 1. The first-order valence-electron chi connectivity index (χ1n) is 8.17. The number of carbonyl (C=O) groups is 1. The van der Waals surface area contributed by atoms with Gasteiger partial charge in [0, 0.05) is 11.7 Å². The van der Waals surface area contributed by atoms with Gasteiger partial charge in [-0.15, -0.1) is 11.3 Å². The molecule has 2 heterocycles. The summed E-state index contributed by atoms with van der Waals surface area (Å²) in [7, 11) is 1.67. The van der Waals surface area contributed by atoms with Gasteiger partial charge in [0.15, 0.2) is 5.96 Å². The standard InChI is InChI=1S/C20H19N3OS/c1-20(11-17(24)23(2)19(21)22-20)16-12-25-18-14(9-6-10-15(16)18)13-7-4-3-5-8-13/h3-10,12H,11H2,1-2H3,(H2,21,22)/t20-/m0/s1. The Morgan fingerprint density at radius 1 is 1.16 bits per heavy atom. The van der Waals surface area contributed by atoms with E-state index in [4.69, 9.17) is 5.73 Å². The van der Waals surface area contributed by atoms with Crippen LogP contribution in [-0.4, -0.2) is 23.8 Å². The van der Waals surface area contributed by atoms with Crippen molar-refractivity contribution >= 4 is 33.3 Å². The van der Waals surface area contributed by atoms with Crippen molar-refractivity contribution in [1.82, 2.24) is 4.90 Å². The Morgan fingerprint density at radius 2 is 1.92 bits per heavy atom. The predicted octanol–water partition coefficient (Wildman–Crippen LogP) is 3.96. The molecule has 0 unspecified atom stereocenters. The Hall–Kier alpha value is -2.66. The quantitative estimate of drug-likeness (QED) is 0.761. The minimum absolute atomic E-state index is 0.00596. The van der Waals surface area contributed by atoms with E-state index in [0.29, 0.717) is 6.42 Å². The van der Waals surface area contributed by atoms with E-state index < -0.39 is 5.54 Å². The molecule has 0 fully saturated rings. The molecule has 5 heteroatoms. The third-order valence-corrected chi connectivity index (χ3v) is 5.87. The van der Waals surface area contributed by atoms with Gasteiger partial charge in [-0.05, 0) is 34.4 Å². The predicted molar refractivity (Wildman–Crippen MR) is 104 cm³/mol.